The first kappa shape index (κ1) is 23.9. The number of aromatic hydroxyl groups is 1. The van der Waals surface area contributed by atoms with Crippen LogP contribution in [-0.2, 0) is 4.79 Å². The van der Waals surface area contributed by atoms with Crippen molar-refractivity contribution in [3.63, 3.8) is 0 Å². The highest BCUT2D eigenvalue weighted by Crippen LogP contribution is 2.33. The van der Waals surface area contributed by atoms with Crippen molar-refractivity contribution >= 4 is 33.8 Å². The topological polar surface area (TPSA) is 145 Å². The number of imidazole rings is 1. The molecule has 5 heterocycles. The van der Waals surface area contributed by atoms with Gasteiger partial charge in [0.2, 0.25) is 5.91 Å². The Kier molecular flexibility index (Phi) is 5.69. The van der Waals surface area contributed by atoms with Crippen LogP contribution in [0.4, 0.5) is 10.1 Å². The number of phenolic OH excluding ortho intramolecular Hbond substituents is 1. The average molecular weight is 535 g/mol. The fraction of sp³-hybridized carbons (Fsp3) is 0.172. The number of H-pyrrole nitrogens is 2. The lowest BCUT2D eigenvalue weighted by atomic mass is 10.1. The number of nitrogens with one attached hydrogen (secondary N) is 3. The number of phenols is 1. The van der Waals surface area contributed by atoms with Crippen molar-refractivity contribution in [3.05, 3.63) is 66.9 Å². The van der Waals surface area contributed by atoms with E-state index in [0.717, 1.165) is 37.3 Å². The number of nitrogens with zero attached hydrogens (tertiary/aromatic N) is 5. The molecule has 0 bridgehead atoms. The predicted molar refractivity (Wildman–Crippen MR) is 148 cm³/mol. The van der Waals surface area contributed by atoms with Gasteiger partial charge in [0.05, 0.1) is 23.1 Å². The van der Waals surface area contributed by atoms with Crippen molar-refractivity contribution in [1.29, 1.82) is 0 Å². The Balaban J connectivity index is 1.25. The molecule has 1 aromatic carbocycles. The number of pyridine rings is 3. The molecule has 1 saturated carbocycles. The summed E-state index contributed by atoms with van der Waals surface area (Å²) in [6, 6.07) is 11.2. The van der Waals surface area contributed by atoms with Gasteiger partial charge in [0, 0.05) is 35.5 Å². The number of carbonyl (C=O) groups is 1. The Morgan fingerprint density at radius 1 is 1.00 bits per heavy atom. The molecule has 198 valence electrons. The van der Waals surface area contributed by atoms with Crippen molar-refractivity contribution in [2.24, 2.45) is 5.92 Å². The van der Waals surface area contributed by atoms with Crippen LogP contribution in [0.25, 0.3) is 56.1 Å². The van der Waals surface area contributed by atoms with E-state index < -0.39 is 5.82 Å². The van der Waals surface area contributed by atoms with Gasteiger partial charge in [0.1, 0.15) is 22.6 Å². The van der Waals surface area contributed by atoms with E-state index >= 15 is 0 Å². The number of carbonyl (C=O) groups excluding carboxylic acids is 1. The maximum absolute atomic E-state index is 14.0. The standard InChI is InChI=1S/C29H23FN8O2/c30-18-9-16(11-20(39)12-18)21-7-8-32-27-24(21)35-28(36-27)26-25-23(37-38-26)6-5-22(34-25)17-10-19(14-31-13-17)33-29(40)15-3-1-2-4-15/h5-15,39H,1-4H2,(H,33,40)(H,37,38)(H,32,35,36). The Bertz CT molecular complexity index is 1890. The third-order valence-corrected chi connectivity index (χ3v) is 7.24. The molecule has 0 spiro atoms. The number of hydrogen-bond acceptors (Lipinski definition) is 7. The molecule has 5 aromatic heterocycles. The first-order valence-electron chi connectivity index (χ1n) is 13.0. The molecule has 0 radical (unpaired) electrons. The summed E-state index contributed by atoms with van der Waals surface area (Å²) in [4.78, 5) is 34.1. The van der Waals surface area contributed by atoms with E-state index in [1.54, 1.807) is 24.7 Å². The number of benzene rings is 1. The summed E-state index contributed by atoms with van der Waals surface area (Å²) >= 11 is 0. The molecular weight excluding hydrogens is 511 g/mol. The molecular formula is C29H23FN8O2. The van der Waals surface area contributed by atoms with Crippen LogP contribution >= 0.6 is 0 Å². The number of rotatable bonds is 5. The van der Waals surface area contributed by atoms with E-state index in [-0.39, 0.29) is 17.6 Å². The van der Waals surface area contributed by atoms with Crippen molar-refractivity contribution in [2.75, 3.05) is 5.32 Å². The number of anilines is 1. The summed E-state index contributed by atoms with van der Waals surface area (Å²) in [6.07, 6.45) is 8.94. The van der Waals surface area contributed by atoms with E-state index in [0.29, 0.717) is 56.2 Å². The Morgan fingerprint density at radius 3 is 2.73 bits per heavy atom. The molecule has 40 heavy (non-hydrogen) atoms. The molecule has 1 amide bonds. The quantitative estimate of drug-likeness (QED) is 0.225. The maximum Gasteiger partial charge on any atom is 0.227 e. The molecule has 0 aliphatic heterocycles. The second kappa shape index (κ2) is 9.53. The number of aromatic nitrogens is 7. The van der Waals surface area contributed by atoms with Gasteiger partial charge < -0.3 is 15.4 Å². The highest BCUT2D eigenvalue weighted by molar-refractivity contribution is 5.96. The number of amides is 1. The van der Waals surface area contributed by atoms with Crippen LogP contribution in [-0.4, -0.2) is 46.1 Å². The maximum atomic E-state index is 14.0. The minimum Gasteiger partial charge on any atom is -0.508 e. The van der Waals surface area contributed by atoms with Crippen molar-refractivity contribution in [1.82, 2.24) is 35.1 Å². The SMILES string of the molecule is O=C(Nc1cncc(-c2ccc3[nH]nc(-c4nc5c(-c6cc(O)cc(F)c6)ccnc5[nH]4)c3n2)c1)C1CCCC1. The molecule has 1 fully saturated rings. The zero-order valence-corrected chi connectivity index (χ0v) is 21.1. The number of halogens is 1. The van der Waals surface area contributed by atoms with Crippen LogP contribution in [0.3, 0.4) is 0 Å². The molecule has 6 aromatic rings. The van der Waals surface area contributed by atoms with Crippen LogP contribution in [0.2, 0.25) is 0 Å². The van der Waals surface area contributed by atoms with Crippen LogP contribution in [0, 0.1) is 11.7 Å². The van der Waals surface area contributed by atoms with Gasteiger partial charge in [-0.05, 0) is 54.8 Å². The average Bonchev–Trinajstić information content (AvgIpc) is 3.71. The second-order valence-electron chi connectivity index (χ2n) is 9.94. The van der Waals surface area contributed by atoms with Gasteiger partial charge in [-0.2, -0.15) is 5.10 Å². The summed E-state index contributed by atoms with van der Waals surface area (Å²) in [6.45, 7) is 0. The van der Waals surface area contributed by atoms with E-state index in [2.05, 4.69) is 30.5 Å². The summed E-state index contributed by atoms with van der Waals surface area (Å²) < 4.78 is 14.0. The van der Waals surface area contributed by atoms with Gasteiger partial charge in [-0.3, -0.25) is 14.9 Å². The molecule has 0 unspecified atom stereocenters. The zero-order valence-electron chi connectivity index (χ0n) is 21.1. The monoisotopic (exact) mass is 534 g/mol. The summed E-state index contributed by atoms with van der Waals surface area (Å²) in [5, 5.41) is 20.3. The van der Waals surface area contributed by atoms with Crippen LogP contribution in [0.5, 0.6) is 5.75 Å². The van der Waals surface area contributed by atoms with Gasteiger partial charge in [0.15, 0.2) is 17.2 Å². The van der Waals surface area contributed by atoms with Gasteiger partial charge in [0.25, 0.3) is 0 Å². The fourth-order valence-corrected chi connectivity index (χ4v) is 5.29. The number of fused-ring (bicyclic) bond motifs is 2. The van der Waals surface area contributed by atoms with Gasteiger partial charge in [-0.25, -0.2) is 19.3 Å². The smallest absolute Gasteiger partial charge is 0.227 e. The highest BCUT2D eigenvalue weighted by Gasteiger charge is 2.23. The lowest BCUT2D eigenvalue weighted by Crippen LogP contribution is -2.20. The molecule has 11 heteroatoms. The zero-order chi connectivity index (χ0) is 27.2. The summed E-state index contributed by atoms with van der Waals surface area (Å²) in [5.41, 5.74) is 5.89. The lowest BCUT2D eigenvalue weighted by molar-refractivity contribution is -0.119. The predicted octanol–water partition coefficient (Wildman–Crippen LogP) is 5.60. The minimum absolute atomic E-state index is 0.0308. The number of aromatic amines is 2. The van der Waals surface area contributed by atoms with Gasteiger partial charge >= 0.3 is 0 Å². The molecule has 0 saturated heterocycles. The van der Waals surface area contributed by atoms with E-state index in [4.69, 9.17) is 9.97 Å². The fourth-order valence-electron chi connectivity index (χ4n) is 5.29. The van der Waals surface area contributed by atoms with Crippen molar-refractivity contribution in [3.8, 4) is 39.7 Å². The third-order valence-electron chi connectivity index (χ3n) is 7.24. The number of hydrogen-bond donors (Lipinski definition) is 4. The molecule has 0 atom stereocenters. The third kappa shape index (κ3) is 4.31. The molecule has 4 N–H and O–H groups in total. The Labute approximate surface area is 226 Å². The molecule has 7 rings (SSSR count). The summed E-state index contributed by atoms with van der Waals surface area (Å²) in [5.74, 6) is -0.215. The molecule has 1 aliphatic carbocycles. The Hall–Kier alpha value is -5.19. The largest absolute Gasteiger partial charge is 0.508 e. The molecule has 10 nitrogen and oxygen atoms in total. The van der Waals surface area contributed by atoms with E-state index in [1.807, 2.05) is 18.2 Å². The first-order chi connectivity index (χ1) is 19.5. The van der Waals surface area contributed by atoms with Crippen molar-refractivity contribution in [2.45, 2.75) is 25.7 Å². The van der Waals surface area contributed by atoms with E-state index in [9.17, 15) is 14.3 Å². The van der Waals surface area contributed by atoms with Gasteiger partial charge in [-0.15, -0.1) is 0 Å². The normalized spacial score (nSPS) is 13.8. The first-order valence-corrected chi connectivity index (χ1v) is 13.0. The minimum atomic E-state index is -0.553. The Morgan fingerprint density at radius 2 is 1.88 bits per heavy atom. The second-order valence-corrected chi connectivity index (χ2v) is 9.94. The van der Waals surface area contributed by atoms with E-state index in [1.165, 1.54) is 12.1 Å². The lowest BCUT2D eigenvalue weighted by Gasteiger charge is -2.11. The highest BCUT2D eigenvalue weighted by atomic mass is 19.1. The van der Waals surface area contributed by atoms with Crippen LogP contribution in [0.1, 0.15) is 25.7 Å². The van der Waals surface area contributed by atoms with Crippen molar-refractivity contribution < 1.29 is 14.3 Å². The van der Waals surface area contributed by atoms with Crippen LogP contribution in [0.15, 0.2) is 61.1 Å². The summed E-state index contributed by atoms with van der Waals surface area (Å²) in [7, 11) is 0. The molecule has 1 aliphatic rings. The van der Waals surface area contributed by atoms with Crippen LogP contribution < -0.4 is 5.32 Å². The van der Waals surface area contributed by atoms with Gasteiger partial charge in [-0.1, -0.05) is 12.8 Å².